The summed E-state index contributed by atoms with van der Waals surface area (Å²) >= 11 is 1.65. The van der Waals surface area contributed by atoms with E-state index in [1.807, 2.05) is 6.07 Å². The average Bonchev–Trinajstić information content (AvgIpc) is 3.27. The Morgan fingerprint density at radius 2 is 2.00 bits per heavy atom. The minimum Gasteiger partial charge on any atom is -0.362 e. The fourth-order valence-corrected chi connectivity index (χ4v) is 3.75. The lowest BCUT2D eigenvalue weighted by molar-refractivity contribution is 0.390. The van der Waals surface area contributed by atoms with E-state index in [1.54, 1.807) is 17.7 Å². The largest absolute Gasteiger partial charge is 0.362 e. The van der Waals surface area contributed by atoms with Gasteiger partial charge in [0.15, 0.2) is 5.76 Å². The zero-order valence-corrected chi connectivity index (χ0v) is 14.9. The molecule has 3 heterocycles. The number of aryl methyl sites for hydroxylation is 2. The molecule has 0 amide bonds. The molecule has 3 aromatic heterocycles. The van der Waals surface area contributed by atoms with Gasteiger partial charge in [0, 0.05) is 11.6 Å². The van der Waals surface area contributed by atoms with Crippen molar-refractivity contribution in [3.05, 3.63) is 58.9 Å². The van der Waals surface area contributed by atoms with E-state index in [9.17, 15) is 0 Å². The third kappa shape index (κ3) is 3.13. The molecule has 6 heteroatoms. The molecule has 0 unspecified atom stereocenters. The van der Waals surface area contributed by atoms with Crippen LogP contribution in [0.15, 0.2) is 46.6 Å². The Morgan fingerprint density at radius 3 is 2.80 bits per heavy atom. The van der Waals surface area contributed by atoms with E-state index in [-0.39, 0.29) is 0 Å². The summed E-state index contributed by atoms with van der Waals surface area (Å²) in [4.78, 5) is 9.75. The smallest absolute Gasteiger partial charge is 0.156 e. The Bertz CT molecular complexity index is 1000. The normalized spacial score (nSPS) is 11.1. The van der Waals surface area contributed by atoms with E-state index in [4.69, 9.17) is 4.52 Å². The van der Waals surface area contributed by atoms with Gasteiger partial charge in [0.05, 0.1) is 11.9 Å². The van der Waals surface area contributed by atoms with Crippen LogP contribution in [-0.4, -0.2) is 15.1 Å². The Hall–Kier alpha value is -2.73. The van der Waals surface area contributed by atoms with Gasteiger partial charge in [0.1, 0.15) is 22.7 Å². The van der Waals surface area contributed by atoms with Crippen molar-refractivity contribution in [2.75, 3.05) is 5.32 Å². The number of fused-ring (bicyclic) bond motifs is 1. The molecule has 0 saturated heterocycles. The van der Waals surface area contributed by atoms with E-state index >= 15 is 0 Å². The van der Waals surface area contributed by atoms with Gasteiger partial charge in [0.2, 0.25) is 0 Å². The fraction of sp³-hybridized carbons (Fsp3) is 0.211. The van der Waals surface area contributed by atoms with E-state index in [0.29, 0.717) is 6.54 Å². The minimum absolute atomic E-state index is 0.532. The highest BCUT2D eigenvalue weighted by Crippen LogP contribution is 2.30. The highest BCUT2D eigenvalue weighted by molar-refractivity contribution is 7.17. The summed E-state index contributed by atoms with van der Waals surface area (Å²) in [6, 6.07) is 10.2. The maximum atomic E-state index is 5.47. The highest BCUT2D eigenvalue weighted by atomic mass is 32.1. The van der Waals surface area contributed by atoms with Crippen LogP contribution in [-0.2, 0) is 13.0 Å². The molecule has 1 aromatic carbocycles. The lowest BCUT2D eigenvalue weighted by Crippen LogP contribution is -2.01. The second-order valence-corrected chi connectivity index (χ2v) is 6.77. The van der Waals surface area contributed by atoms with Gasteiger partial charge in [0.25, 0.3) is 0 Å². The summed E-state index contributed by atoms with van der Waals surface area (Å²) in [6.07, 6.45) is 2.56. The van der Waals surface area contributed by atoms with Crippen LogP contribution in [0.25, 0.3) is 21.5 Å². The summed E-state index contributed by atoms with van der Waals surface area (Å²) in [5, 5.41) is 10.8. The second kappa shape index (κ2) is 6.64. The van der Waals surface area contributed by atoms with E-state index in [0.717, 1.165) is 39.5 Å². The van der Waals surface area contributed by atoms with Crippen molar-refractivity contribution in [1.82, 2.24) is 15.1 Å². The van der Waals surface area contributed by atoms with Crippen LogP contribution in [0, 0.1) is 6.92 Å². The number of benzene rings is 1. The maximum Gasteiger partial charge on any atom is 0.156 e. The third-order valence-corrected chi connectivity index (χ3v) is 5.10. The van der Waals surface area contributed by atoms with Crippen molar-refractivity contribution in [1.29, 1.82) is 0 Å². The van der Waals surface area contributed by atoms with Crippen molar-refractivity contribution >= 4 is 27.4 Å². The molecule has 0 aliphatic carbocycles. The number of nitrogens with one attached hydrogen (secondary N) is 1. The van der Waals surface area contributed by atoms with E-state index in [2.05, 4.69) is 63.9 Å². The van der Waals surface area contributed by atoms with Crippen molar-refractivity contribution in [3.8, 4) is 11.3 Å². The van der Waals surface area contributed by atoms with Crippen LogP contribution in [0.2, 0.25) is 0 Å². The van der Waals surface area contributed by atoms with Crippen LogP contribution in [0.1, 0.15) is 23.8 Å². The first kappa shape index (κ1) is 15.8. The predicted octanol–water partition coefficient (Wildman–Crippen LogP) is 4.83. The van der Waals surface area contributed by atoms with Crippen LogP contribution in [0.5, 0.6) is 0 Å². The van der Waals surface area contributed by atoms with Gasteiger partial charge in [-0.3, -0.25) is 0 Å². The van der Waals surface area contributed by atoms with Crippen LogP contribution in [0.3, 0.4) is 0 Å². The standard InChI is InChI=1S/C19H18N4OS/c1-3-13-10-25-19-17(13)18(21-11-22-19)20-9-15-8-16(23-24-15)14-6-4-12(2)5-7-14/h4-8,10-11H,3,9H2,1-2H3,(H,20,21,22). The topological polar surface area (TPSA) is 63.8 Å². The summed E-state index contributed by atoms with van der Waals surface area (Å²) in [6.45, 7) is 4.74. The van der Waals surface area contributed by atoms with E-state index in [1.165, 1.54) is 11.1 Å². The Morgan fingerprint density at radius 1 is 1.16 bits per heavy atom. The van der Waals surface area contributed by atoms with Gasteiger partial charge in [-0.2, -0.15) is 0 Å². The highest BCUT2D eigenvalue weighted by Gasteiger charge is 2.11. The predicted molar refractivity (Wildman–Crippen MR) is 101 cm³/mol. The summed E-state index contributed by atoms with van der Waals surface area (Å²) in [5.74, 6) is 1.62. The molecule has 25 heavy (non-hydrogen) atoms. The molecule has 0 spiro atoms. The number of rotatable bonds is 5. The Kier molecular flexibility index (Phi) is 4.19. The Balaban J connectivity index is 1.54. The van der Waals surface area contributed by atoms with Gasteiger partial charge >= 0.3 is 0 Å². The van der Waals surface area contributed by atoms with Gasteiger partial charge in [-0.1, -0.05) is 41.9 Å². The number of thiophene rings is 1. The number of nitrogens with zero attached hydrogens (tertiary/aromatic N) is 3. The number of aromatic nitrogens is 3. The summed E-state index contributed by atoms with van der Waals surface area (Å²) < 4.78 is 5.47. The third-order valence-electron chi connectivity index (χ3n) is 4.16. The second-order valence-electron chi connectivity index (χ2n) is 5.91. The molecule has 5 nitrogen and oxygen atoms in total. The molecule has 4 rings (SSSR count). The molecule has 0 bridgehead atoms. The first-order valence-electron chi connectivity index (χ1n) is 8.22. The molecule has 126 valence electrons. The van der Waals surface area contributed by atoms with Gasteiger partial charge < -0.3 is 9.84 Å². The fourth-order valence-electron chi connectivity index (χ4n) is 2.76. The maximum absolute atomic E-state index is 5.47. The lowest BCUT2D eigenvalue weighted by Gasteiger charge is -2.05. The van der Waals surface area contributed by atoms with Crippen LogP contribution >= 0.6 is 11.3 Å². The quantitative estimate of drug-likeness (QED) is 0.558. The van der Waals surface area contributed by atoms with Crippen LogP contribution in [0.4, 0.5) is 5.82 Å². The average molecular weight is 350 g/mol. The first-order chi connectivity index (χ1) is 12.2. The van der Waals surface area contributed by atoms with Gasteiger partial charge in [-0.05, 0) is 24.3 Å². The number of hydrogen-bond acceptors (Lipinski definition) is 6. The van der Waals surface area contributed by atoms with Gasteiger partial charge in [-0.25, -0.2) is 9.97 Å². The van der Waals surface area contributed by atoms with Gasteiger partial charge in [-0.15, -0.1) is 11.3 Å². The van der Waals surface area contributed by atoms with Crippen molar-refractivity contribution in [2.45, 2.75) is 26.8 Å². The molecular weight excluding hydrogens is 332 g/mol. The molecule has 0 atom stereocenters. The molecule has 0 saturated carbocycles. The zero-order valence-electron chi connectivity index (χ0n) is 14.1. The Labute approximate surface area is 149 Å². The van der Waals surface area contributed by atoms with Crippen molar-refractivity contribution in [3.63, 3.8) is 0 Å². The molecule has 0 radical (unpaired) electrons. The monoisotopic (exact) mass is 350 g/mol. The van der Waals surface area contributed by atoms with Crippen molar-refractivity contribution < 1.29 is 4.52 Å². The lowest BCUT2D eigenvalue weighted by atomic mass is 10.1. The van der Waals surface area contributed by atoms with E-state index < -0.39 is 0 Å². The number of hydrogen-bond donors (Lipinski definition) is 1. The zero-order chi connectivity index (χ0) is 17.2. The first-order valence-corrected chi connectivity index (χ1v) is 9.10. The van der Waals surface area contributed by atoms with Crippen LogP contribution < -0.4 is 5.32 Å². The SMILES string of the molecule is CCc1csc2ncnc(NCc3cc(-c4ccc(C)cc4)no3)c12. The summed E-state index contributed by atoms with van der Waals surface area (Å²) in [5.41, 5.74) is 4.39. The molecule has 0 fully saturated rings. The molecule has 4 aromatic rings. The minimum atomic E-state index is 0.532. The summed E-state index contributed by atoms with van der Waals surface area (Å²) in [7, 11) is 0. The molecule has 1 N–H and O–H groups in total. The number of anilines is 1. The molecule has 0 aliphatic rings. The van der Waals surface area contributed by atoms with Crippen molar-refractivity contribution in [2.24, 2.45) is 0 Å². The molecule has 0 aliphatic heterocycles. The molecular formula is C19H18N4OS.